The van der Waals surface area contributed by atoms with Crippen LogP contribution in [0, 0.1) is 0 Å². The summed E-state index contributed by atoms with van der Waals surface area (Å²) in [6, 6.07) is 1.26. The van der Waals surface area contributed by atoms with Gasteiger partial charge in [0.2, 0.25) is 0 Å². The predicted molar refractivity (Wildman–Crippen MR) is 77.7 cm³/mol. The minimum Gasteiger partial charge on any atom is -0.406 e. The first-order valence-corrected chi connectivity index (χ1v) is 12.6. The topological polar surface area (TPSA) is 30.9 Å². The third-order valence-electron chi connectivity index (χ3n) is 3.64. The number of nitrogens with zero attached hydrogens (tertiary/aromatic N) is 1. The molecule has 102 valence electrons. The van der Waals surface area contributed by atoms with E-state index in [4.69, 9.17) is 13.3 Å². The van der Waals surface area contributed by atoms with Crippen LogP contribution in [0.4, 0.5) is 0 Å². The minimum absolute atomic E-state index is 1.07. The van der Waals surface area contributed by atoms with E-state index in [1.807, 2.05) is 18.3 Å². The maximum Gasteiger partial charge on any atom is 0.402 e. The molecule has 1 atom stereocenters. The van der Waals surface area contributed by atoms with Gasteiger partial charge in [0, 0.05) is 33.6 Å². The second-order valence-electron chi connectivity index (χ2n) is 4.59. The lowest BCUT2D eigenvalue weighted by molar-refractivity contribution is 0.275. The van der Waals surface area contributed by atoms with Gasteiger partial charge in [0.15, 0.2) is 0 Å². The van der Waals surface area contributed by atoms with Gasteiger partial charge in [-0.15, -0.1) is 11.2 Å². The Morgan fingerprint density at radius 3 is 2.47 bits per heavy atom. The molecule has 1 unspecified atom stereocenters. The van der Waals surface area contributed by atoms with Crippen LogP contribution < -0.4 is 0 Å². The maximum atomic E-state index is 5.75. The third-order valence-corrected chi connectivity index (χ3v) is 13.2. The molecule has 0 aromatic carbocycles. The second-order valence-corrected chi connectivity index (χ2v) is 14.8. The molecule has 0 aromatic rings. The van der Waals surface area contributed by atoms with Crippen molar-refractivity contribution in [3.63, 3.8) is 0 Å². The summed E-state index contributed by atoms with van der Waals surface area (Å²) in [5, 5.41) is 0. The van der Waals surface area contributed by atoms with E-state index in [-0.39, 0.29) is 0 Å². The van der Waals surface area contributed by atoms with E-state index in [1.54, 1.807) is 14.2 Å². The fraction of sp³-hybridized carbons (Fsp3) is 1.00. The van der Waals surface area contributed by atoms with Gasteiger partial charge >= 0.3 is 7.71 Å². The van der Waals surface area contributed by atoms with Crippen molar-refractivity contribution in [3.8, 4) is 0 Å². The highest BCUT2D eigenvalue weighted by Crippen LogP contribution is 2.28. The van der Waals surface area contributed by atoms with Gasteiger partial charge in [-0.1, -0.05) is 0 Å². The van der Waals surface area contributed by atoms with E-state index in [9.17, 15) is 0 Å². The van der Waals surface area contributed by atoms with Crippen molar-refractivity contribution in [2.75, 3.05) is 40.2 Å². The monoisotopic (exact) mass is 295 g/mol. The molecule has 1 saturated heterocycles. The highest BCUT2D eigenvalue weighted by Gasteiger charge is 2.40. The number of rotatable bonds is 7. The Morgan fingerprint density at radius 1 is 1.29 bits per heavy atom. The van der Waals surface area contributed by atoms with E-state index < -0.39 is 16.2 Å². The van der Waals surface area contributed by atoms with Gasteiger partial charge < -0.3 is 17.8 Å². The molecule has 17 heavy (non-hydrogen) atoms. The van der Waals surface area contributed by atoms with E-state index in [0.29, 0.717) is 0 Å². The third kappa shape index (κ3) is 4.05. The van der Waals surface area contributed by atoms with Gasteiger partial charge in [0.25, 0.3) is 8.48 Å². The van der Waals surface area contributed by atoms with Crippen molar-refractivity contribution in [3.05, 3.63) is 0 Å². The Bertz CT molecular complexity index is 244. The molecular formula is C10H25NO3SSi2. The summed E-state index contributed by atoms with van der Waals surface area (Å²) in [5.74, 6) is 1.07. The van der Waals surface area contributed by atoms with Crippen LogP contribution in [0.3, 0.4) is 0 Å². The summed E-state index contributed by atoms with van der Waals surface area (Å²) < 4.78 is 19.2. The Hall–Kier alpha value is 0.624. The van der Waals surface area contributed by atoms with E-state index in [1.165, 1.54) is 19.0 Å². The zero-order valence-corrected chi connectivity index (χ0v) is 14.4. The van der Waals surface area contributed by atoms with E-state index >= 15 is 0 Å². The summed E-state index contributed by atoms with van der Waals surface area (Å²) in [5.41, 5.74) is 0. The minimum atomic E-state index is -1.96. The zero-order valence-electron chi connectivity index (χ0n) is 11.6. The van der Waals surface area contributed by atoms with Gasteiger partial charge in [0.1, 0.15) is 0 Å². The average Bonchev–Trinajstić information content (AvgIpc) is 2.71. The molecule has 0 bridgehead atoms. The molecule has 4 nitrogen and oxygen atoms in total. The molecule has 0 saturated carbocycles. The van der Waals surface area contributed by atoms with E-state index in [2.05, 4.69) is 17.7 Å². The molecule has 0 N–H and O–H groups in total. The molecular weight excluding hydrogens is 270 g/mol. The molecule has 0 spiro atoms. The number of hydrogen-bond donors (Lipinski definition) is 0. The highest BCUT2D eigenvalue weighted by atomic mass is 32.4. The second kappa shape index (κ2) is 6.69. The lowest BCUT2D eigenvalue weighted by Crippen LogP contribution is -2.49. The van der Waals surface area contributed by atoms with Gasteiger partial charge in [0.05, 0.1) is 0 Å². The maximum absolute atomic E-state index is 5.75. The fourth-order valence-electron chi connectivity index (χ4n) is 2.11. The lowest BCUT2D eigenvalue weighted by Gasteiger charge is -2.31. The summed E-state index contributed by atoms with van der Waals surface area (Å²) in [6.45, 7) is 6.69. The fourth-order valence-corrected chi connectivity index (χ4v) is 8.26. The van der Waals surface area contributed by atoms with Crippen LogP contribution in [-0.4, -0.2) is 60.9 Å². The first-order valence-electron chi connectivity index (χ1n) is 6.04. The zero-order chi connectivity index (χ0) is 12.9. The summed E-state index contributed by atoms with van der Waals surface area (Å²) in [7, 11) is 1.83. The van der Waals surface area contributed by atoms with Crippen molar-refractivity contribution >= 4 is 27.4 Å². The van der Waals surface area contributed by atoms with Crippen LogP contribution >= 0.6 is 11.2 Å². The van der Waals surface area contributed by atoms with E-state index in [0.717, 1.165) is 12.3 Å². The van der Waals surface area contributed by atoms with Crippen molar-refractivity contribution in [1.82, 2.24) is 4.57 Å². The van der Waals surface area contributed by atoms with Crippen LogP contribution in [0.15, 0.2) is 0 Å². The summed E-state index contributed by atoms with van der Waals surface area (Å²) >= 11 is 1.84. The molecule has 7 heteroatoms. The molecule has 0 aliphatic carbocycles. The van der Waals surface area contributed by atoms with Crippen molar-refractivity contribution in [2.45, 2.75) is 25.6 Å². The predicted octanol–water partition coefficient (Wildman–Crippen LogP) is 2.01. The quantitative estimate of drug-likeness (QED) is 0.671. The first kappa shape index (κ1) is 15.7. The molecule has 0 radical (unpaired) electrons. The Labute approximate surface area is 111 Å². The normalized spacial score (nSPS) is 26.6. The summed E-state index contributed by atoms with van der Waals surface area (Å²) in [4.78, 5) is 0. The Balaban J connectivity index is 2.36. The van der Waals surface area contributed by atoms with Crippen molar-refractivity contribution in [1.29, 1.82) is 0 Å². The first-order chi connectivity index (χ1) is 7.99. The van der Waals surface area contributed by atoms with Gasteiger partial charge in [-0.05, 0) is 32.1 Å². The molecule has 1 fully saturated rings. The molecule has 1 aliphatic heterocycles. The van der Waals surface area contributed by atoms with Crippen LogP contribution in [0.1, 0.15) is 6.42 Å². The molecule has 1 heterocycles. The molecule has 0 amide bonds. The largest absolute Gasteiger partial charge is 0.406 e. The van der Waals surface area contributed by atoms with Gasteiger partial charge in [-0.2, -0.15) is 0 Å². The Kier molecular flexibility index (Phi) is 6.17. The standard InChI is InChI=1S/C10H25NO3SSi2/c1-12-16(4)10-6-7-11(16)8-9-15-17(5,13-2)14-3/h6-10H2,1-5H3. The van der Waals surface area contributed by atoms with Crippen LogP contribution in [0.2, 0.25) is 19.1 Å². The summed E-state index contributed by atoms with van der Waals surface area (Å²) in [6.07, 6.45) is 1.28. The molecule has 0 aromatic heterocycles. The van der Waals surface area contributed by atoms with Crippen LogP contribution in [-0.2, 0) is 13.3 Å². The SMILES string of the molecule is CO[Si](C)(OC)SCCN1CCC[Si]1(C)OC. The molecule has 1 rings (SSSR count). The van der Waals surface area contributed by atoms with Crippen molar-refractivity contribution in [2.24, 2.45) is 0 Å². The average molecular weight is 296 g/mol. The number of hydrogen-bond acceptors (Lipinski definition) is 5. The van der Waals surface area contributed by atoms with Crippen LogP contribution in [0.25, 0.3) is 0 Å². The lowest BCUT2D eigenvalue weighted by atomic mass is 10.5. The van der Waals surface area contributed by atoms with Gasteiger partial charge in [-0.25, -0.2) is 0 Å². The van der Waals surface area contributed by atoms with Gasteiger partial charge in [-0.3, -0.25) is 0 Å². The highest BCUT2D eigenvalue weighted by molar-refractivity contribution is 8.27. The van der Waals surface area contributed by atoms with Crippen molar-refractivity contribution < 1.29 is 13.3 Å². The Morgan fingerprint density at radius 2 is 1.94 bits per heavy atom. The van der Waals surface area contributed by atoms with Crippen LogP contribution in [0.5, 0.6) is 0 Å². The smallest absolute Gasteiger partial charge is 0.402 e. The molecule has 1 aliphatic rings.